The number of hydrogen-bond acceptors (Lipinski definition) is 3. The van der Waals surface area contributed by atoms with E-state index in [1.165, 1.54) is 231 Å². The summed E-state index contributed by atoms with van der Waals surface area (Å²) in [6.07, 6.45) is 53.1. The number of thiocarbonyl (C=S) groups is 1. The maximum absolute atomic E-state index is 12.1. The molecule has 1 aliphatic rings. The molecule has 0 aromatic heterocycles. The fraction of sp³-hybridized carbons (Fsp3) is 0.955. The van der Waals surface area contributed by atoms with Crippen molar-refractivity contribution in [2.45, 2.75) is 264 Å². The van der Waals surface area contributed by atoms with E-state index in [0.717, 1.165) is 12.8 Å². The zero-order chi connectivity index (χ0) is 33.9. The third-order valence-corrected chi connectivity index (χ3v) is 11.7. The lowest BCUT2D eigenvalue weighted by Crippen LogP contribution is -2.25. The molecule has 1 fully saturated rings. The van der Waals surface area contributed by atoms with E-state index in [9.17, 15) is 4.79 Å². The van der Waals surface area contributed by atoms with E-state index in [-0.39, 0.29) is 11.4 Å². The quantitative estimate of drug-likeness (QED) is 0.0370. The Morgan fingerprint density at radius 2 is 0.617 bits per heavy atom. The van der Waals surface area contributed by atoms with Crippen LogP contribution in [-0.2, 0) is 9.53 Å². The Bertz CT molecular complexity index is 648. The molecule has 0 saturated carbocycles. The summed E-state index contributed by atoms with van der Waals surface area (Å²) < 4.78 is 5.44. The zero-order valence-electron chi connectivity index (χ0n) is 32.3. The van der Waals surface area contributed by atoms with Gasteiger partial charge in [0.05, 0.1) is 6.42 Å². The van der Waals surface area contributed by atoms with Crippen LogP contribution in [0.25, 0.3) is 0 Å². The van der Waals surface area contributed by atoms with Gasteiger partial charge in [-0.1, -0.05) is 245 Å². The average Bonchev–Trinajstić information content (AvgIpc) is 3.35. The van der Waals surface area contributed by atoms with Gasteiger partial charge in [0.15, 0.2) is 5.05 Å². The van der Waals surface area contributed by atoms with Gasteiger partial charge in [-0.25, -0.2) is 0 Å². The first kappa shape index (κ1) is 44.6. The van der Waals surface area contributed by atoms with Crippen LogP contribution in [0.3, 0.4) is 0 Å². The summed E-state index contributed by atoms with van der Waals surface area (Å²) >= 11 is 5.62. The number of rotatable bonds is 38. The van der Waals surface area contributed by atoms with E-state index in [0.29, 0.717) is 11.5 Å². The maximum Gasteiger partial charge on any atom is 0.312 e. The van der Waals surface area contributed by atoms with Gasteiger partial charge < -0.3 is 4.74 Å². The van der Waals surface area contributed by atoms with E-state index in [4.69, 9.17) is 17.0 Å². The Balaban J connectivity index is 1.94. The number of carbonyl (C=O) groups is 1. The summed E-state index contributed by atoms with van der Waals surface area (Å²) in [5.74, 6) is -0.0835. The monoisotopic (exact) mass is 677 g/mol. The van der Waals surface area contributed by atoms with Crippen molar-refractivity contribution in [3.8, 4) is 0 Å². The highest BCUT2D eigenvalue weighted by Crippen LogP contribution is 2.42. The van der Waals surface area contributed by atoms with E-state index in [2.05, 4.69) is 13.8 Å². The molecule has 0 bridgehead atoms. The van der Waals surface area contributed by atoms with Crippen LogP contribution in [0.2, 0.25) is 0 Å². The Labute approximate surface area is 301 Å². The highest BCUT2D eigenvalue weighted by atomic mass is 32.1. The summed E-state index contributed by atoms with van der Waals surface area (Å²) in [5, 5.41) is 0.612. The molecule has 278 valence electrons. The van der Waals surface area contributed by atoms with Crippen molar-refractivity contribution in [3.05, 3.63) is 0 Å². The van der Waals surface area contributed by atoms with Crippen LogP contribution in [0.4, 0.5) is 0 Å². The fourth-order valence-electron chi connectivity index (χ4n) is 7.83. The highest BCUT2D eigenvalue weighted by molar-refractivity contribution is 7.80. The topological polar surface area (TPSA) is 26.3 Å². The lowest BCUT2D eigenvalue weighted by atomic mass is 9.77. The lowest BCUT2D eigenvalue weighted by molar-refractivity contribution is -0.133. The molecule has 0 amide bonds. The van der Waals surface area contributed by atoms with Crippen LogP contribution < -0.4 is 0 Å². The Morgan fingerprint density at radius 3 is 0.809 bits per heavy atom. The molecular weight excluding hydrogens is 593 g/mol. The second-order valence-electron chi connectivity index (χ2n) is 15.7. The van der Waals surface area contributed by atoms with Crippen LogP contribution in [-0.4, -0.2) is 11.0 Å². The van der Waals surface area contributed by atoms with Gasteiger partial charge in [0.1, 0.15) is 0 Å². The molecule has 0 aromatic carbocycles. The third-order valence-electron chi connectivity index (χ3n) is 11.1. The van der Waals surface area contributed by atoms with Gasteiger partial charge in [-0.3, -0.25) is 4.79 Å². The first-order valence-corrected chi connectivity index (χ1v) is 22.3. The molecular formula is C44H84O2S. The molecule has 0 N–H and O–H groups in total. The van der Waals surface area contributed by atoms with Gasteiger partial charge in [-0.15, -0.1) is 0 Å². The minimum atomic E-state index is -0.142. The van der Waals surface area contributed by atoms with Gasteiger partial charge in [0.2, 0.25) is 0 Å². The molecule has 0 unspecified atom stereocenters. The van der Waals surface area contributed by atoms with Crippen LogP contribution in [0.15, 0.2) is 0 Å². The van der Waals surface area contributed by atoms with Crippen LogP contribution in [0, 0.1) is 5.41 Å². The smallest absolute Gasteiger partial charge is 0.312 e. The number of cyclic esters (lactones) is 1. The number of unbranched alkanes of at least 4 members (excludes halogenated alkanes) is 34. The molecule has 0 spiro atoms. The highest BCUT2D eigenvalue weighted by Gasteiger charge is 2.44. The molecule has 47 heavy (non-hydrogen) atoms. The van der Waals surface area contributed by atoms with Crippen LogP contribution in [0.5, 0.6) is 0 Å². The standard InChI is InChI=1S/C44H84O2S/c1-3-5-7-9-11-13-15-17-19-21-23-25-27-29-31-33-35-37-39-44(41-42(45)46-43(44)47)40-38-36-34-32-30-28-26-24-22-20-18-16-14-12-10-8-6-4-2/h3-41H2,1-2H3. The molecule has 2 nitrogen and oxygen atoms in total. The average molecular weight is 677 g/mol. The van der Waals surface area contributed by atoms with Gasteiger partial charge in [0, 0.05) is 5.41 Å². The van der Waals surface area contributed by atoms with E-state index < -0.39 is 0 Å². The predicted octanol–water partition coefficient (Wildman–Crippen LogP) is 16.1. The number of ether oxygens (including phenoxy) is 1. The number of esters is 1. The molecule has 0 atom stereocenters. The minimum absolute atomic E-state index is 0.0835. The van der Waals surface area contributed by atoms with Crippen molar-refractivity contribution in [3.63, 3.8) is 0 Å². The summed E-state index contributed by atoms with van der Waals surface area (Å²) in [6.45, 7) is 4.60. The second-order valence-corrected chi connectivity index (χ2v) is 16.1. The number of carbonyl (C=O) groups excluding carboxylic acids is 1. The largest absolute Gasteiger partial charge is 0.419 e. The molecule has 0 radical (unpaired) electrons. The predicted molar refractivity (Wildman–Crippen MR) is 213 cm³/mol. The third kappa shape index (κ3) is 27.0. The van der Waals surface area contributed by atoms with Crippen molar-refractivity contribution in [2.24, 2.45) is 5.41 Å². The summed E-state index contributed by atoms with van der Waals surface area (Å²) in [6, 6.07) is 0. The summed E-state index contributed by atoms with van der Waals surface area (Å²) in [4.78, 5) is 12.1. The maximum atomic E-state index is 12.1. The van der Waals surface area contributed by atoms with Crippen molar-refractivity contribution >= 4 is 23.2 Å². The van der Waals surface area contributed by atoms with Crippen molar-refractivity contribution < 1.29 is 9.53 Å². The van der Waals surface area contributed by atoms with Crippen molar-refractivity contribution in [1.29, 1.82) is 0 Å². The summed E-state index contributed by atoms with van der Waals surface area (Å²) in [5.41, 5.74) is -0.142. The van der Waals surface area contributed by atoms with Crippen LogP contribution in [0.1, 0.15) is 264 Å². The summed E-state index contributed by atoms with van der Waals surface area (Å²) in [7, 11) is 0. The number of hydrogen-bond donors (Lipinski definition) is 0. The second kappa shape index (κ2) is 34.0. The van der Waals surface area contributed by atoms with E-state index >= 15 is 0 Å². The van der Waals surface area contributed by atoms with E-state index in [1.807, 2.05) is 0 Å². The van der Waals surface area contributed by atoms with Gasteiger partial charge in [0.25, 0.3) is 0 Å². The first-order valence-electron chi connectivity index (χ1n) is 21.9. The molecule has 1 rings (SSSR count). The van der Waals surface area contributed by atoms with E-state index in [1.54, 1.807) is 0 Å². The Hall–Kier alpha value is -0.440. The molecule has 0 aliphatic carbocycles. The SMILES string of the molecule is CCCCCCCCCCCCCCCCCCCCC1(CCCCCCCCCCCCCCCCCCCC)CC(=O)OC1=S. The molecule has 1 heterocycles. The molecule has 0 aromatic rings. The zero-order valence-corrected chi connectivity index (χ0v) is 33.1. The minimum Gasteiger partial charge on any atom is -0.419 e. The Morgan fingerprint density at radius 1 is 0.404 bits per heavy atom. The van der Waals surface area contributed by atoms with Gasteiger partial charge >= 0.3 is 5.97 Å². The fourth-order valence-corrected chi connectivity index (χ4v) is 8.20. The normalized spacial score (nSPS) is 14.3. The first-order chi connectivity index (χ1) is 23.1. The van der Waals surface area contributed by atoms with Gasteiger partial charge in [-0.05, 0) is 25.1 Å². The van der Waals surface area contributed by atoms with Crippen molar-refractivity contribution in [1.82, 2.24) is 0 Å². The molecule has 1 aliphatic heterocycles. The molecule has 3 heteroatoms. The lowest BCUT2D eigenvalue weighted by Gasteiger charge is -2.26. The van der Waals surface area contributed by atoms with Crippen LogP contribution >= 0.6 is 12.2 Å². The Kier molecular flexibility index (Phi) is 32.3. The van der Waals surface area contributed by atoms with Crippen molar-refractivity contribution in [2.75, 3.05) is 0 Å². The van der Waals surface area contributed by atoms with Gasteiger partial charge in [-0.2, -0.15) is 0 Å². The molecule has 1 saturated heterocycles.